The highest BCUT2D eigenvalue weighted by molar-refractivity contribution is 5.32. The van der Waals surface area contributed by atoms with Gasteiger partial charge in [0.15, 0.2) is 0 Å². The highest BCUT2D eigenvalue weighted by Gasteiger charge is 2.21. The number of hydrogen-bond donors (Lipinski definition) is 1. The molecule has 1 aliphatic carbocycles. The van der Waals surface area contributed by atoms with E-state index in [4.69, 9.17) is 9.15 Å². The summed E-state index contributed by atoms with van der Waals surface area (Å²) in [5.41, 5.74) is 1.91. The molecular weight excluding hydrogens is 257 g/mol. The van der Waals surface area contributed by atoms with Crippen molar-refractivity contribution in [2.75, 3.05) is 0 Å². The van der Waals surface area contributed by atoms with Crippen LogP contribution in [0.1, 0.15) is 29.7 Å². The van der Waals surface area contributed by atoms with Crippen LogP contribution in [0, 0.1) is 12.7 Å². The number of rotatable bonds is 6. The van der Waals surface area contributed by atoms with Crippen molar-refractivity contribution in [2.45, 2.75) is 39.0 Å². The fourth-order valence-corrected chi connectivity index (χ4v) is 2.11. The monoisotopic (exact) mass is 275 g/mol. The van der Waals surface area contributed by atoms with Crippen LogP contribution in [0.5, 0.6) is 5.75 Å². The van der Waals surface area contributed by atoms with E-state index in [-0.39, 0.29) is 5.82 Å². The first-order chi connectivity index (χ1) is 9.72. The smallest absolute Gasteiger partial charge is 0.146 e. The molecule has 1 aliphatic rings. The maximum Gasteiger partial charge on any atom is 0.146 e. The van der Waals surface area contributed by atoms with Crippen LogP contribution in [0.4, 0.5) is 4.39 Å². The van der Waals surface area contributed by atoms with Crippen LogP contribution in [-0.4, -0.2) is 6.04 Å². The summed E-state index contributed by atoms with van der Waals surface area (Å²) in [6.45, 7) is 3.00. The Morgan fingerprint density at radius 1 is 1.35 bits per heavy atom. The lowest BCUT2D eigenvalue weighted by Gasteiger charge is -2.09. The van der Waals surface area contributed by atoms with E-state index in [9.17, 15) is 4.39 Å². The highest BCUT2D eigenvalue weighted by atomic mass is 19.1. The highest BCUT2D eigenvalue weighted by Crippen LogP contribution is 2.22. The van der Waals surface area contributed by atoms with Crippen LogP contribution in [-0.2, 0) is 13.2 Å². The van der Waals surface area contributed by atoms with Gasteiger partial charge in [-0.05, 0) is 49.6 Å². The lowest BCUT2D eigenvalue weighted by molar-refractivity contribution is 0.266. The molecule has 1 fully saturated rings. The van der Waals surface area contributed by atoms with Gasteiger partial charge in [-0.1, -0.05) is 0 Å². The summed E-state index contributed by atoms with van der Waals surface area (Å²) in [4.78, 5) is 0. The molecule has 106 valence electrons. The summed E-state index contributed by atoms with van der Waals surface area (Å²) in [5.74, 6) is 1.26. The van der Waals surface area contributed by atoms with Gasteiger partial charge < -0.3 is 14.5 Å². The van der Waals surface area contributed by atoms with Crippen molar-refractivity contribution in [1.29, 1.82) is 0 Å². The van der Waals surface area contributed by atoms with E-state index in [1.807, 2.05) is 13.0 Å². The fourth-order valence-electron chi connectivity index (χ4n) is 2.11. The topological polar surface area (TPSA) is 34.4 Å². The van der Waals surface area contributed by atoms with E-state index in [1.54, 1.807) is 12.3 Å². The standard InChI is InChI=1S/C16H18FNO2/c1-11-8-13(17)2-5-15(11)20-10-16-12(6-7-19-16)9-18-14-3-4-14/h2,5-8,14,18H,3-4,9-10H2,1H3. The van der Waals surface area contributed by atoms with E-state index < -0.39 is 0 Å². The molecule has 4 heteroatoms. The molecule has 0 saturated heterocycles. The molecular formula is C16H18FNO2. The van der Waals surface area contributed by atoms with Gasteiger partial charge in [0.05, 0.1) is 6.26 Å². The second-order valence-corrected chi connectivity index (χ2v) is 5.22. The number of benzene rings is 1. The Morgan fingerprint density at radius 3 is 2.95 bits per heavy atom. The minimum Gasteiger partial charge on any atom is -0.485 e. The summed E-state index contributed by atoms with van der Waals surface area (Å²) in [5, 5.41) is 3.45. The molecule has 0 atom stereocenters. The second kappa shape index (κ2) is 5.67. The number of aryl methyl sites for hydroxylation is 1. The van der Waals surface area contributed by atoms with Crippen molar-refractivity contribution in [3.8, 4) is 5.75 Å². The van der Waals surface area contributed by atoms with Gasteiger partial charge in [-0.15, -0.1) is 0 Å². The van der Waals surface area contributed by atoms with Crippen LogP contribution in [0.25, 0.3) is 0 Å². The van der Waals surface area contributed by atoms with Gasteiger partial charge >= 0.3 is 0 Å². The van der Waals surface area contributed by atoms with Crippen molar-refractivity contribution in [2.24, 2.45) is 0 Å². The van der Waals surface area contributed by atoms with Gasteiger partial charge in [-0.25, -0.2) is 4.39 Å². The molecule has 3 nitrogen and oxygen atoms in total. The Kier molecular flexibility index (Phi) is 3.74. The minimum absolute atomic E-state index is 0.248. The van der Waals surface area contributed by atoms with Crippen molar-refractivity contribution in [3.63, 3.8) is 0 Å². The van der Waals surface area contributed by atoms with Gasteiger partial charge in [-0.3, -0.25) is 0 Å². The van der Waals surface area contributed by atoms with E-state index in [0.29, 0.717) is 18.4 Å². The predicted molar refractivity (Wildman–Crippen MR) is 74.0 cm³/mol. The summed E-state index contributed by atoms with van der Waals surface area (Å²) >= 11 is 0. The zero-order valence-corrected chi connectivity index (χ0v) is 11.5. The second-order valence-electron chi connectivity index (χ2n) is 5.22. The van der Waals surface area contributed by atoms with Gasteiger partial charge in [0, 0.05) is 18.2 Å². The maximum absolute atomic E-state index is 13.0. The number of furan rings is 1. The predicted octanol–water partition coefficient (Wildman–Crippen LogP) is 3.56. The molecule has 1 N–H and O–H groups in total. The molecule has 20 heavy (non-hydrogen) atoms. The molecule has 0 unspecified atom stereocenters. The molecule has 2 aromatic rings. The minimum atomic E-state index is -0.248. The average Bonchev–Trinajstić information content (AvgIpc) is 3.14. The Labute approximate surface area is 117 Å². The first-order valence-corrected chi connectivity index (χ1v) is 6.90. The number of ether oxygens (including phenoxy) is 1. The molecule has 0 aliphatic heterocycles. The maximum atomic E-state index is 13.0. The number of hydrogen-bond acceptors (Lipinski definition) is 3. The van der Waals surface area contributed by atoms with E-state index in [1.165, 1.54) is 25.0 Å². The molecule has 3 rings (SSSR count). The SMILES string of the molecule is Cc1cc(F)ccc1OCc1occc1CNC1CC1. The van der Waals surface area contributed by atoms with Crippen LogP contribution in [0.15, 0.2) is 34.9 Å². The zero-order chi connectivity index (χ0) is 13.9. The van der Waals surface area contributed by atoms with E-state index in [2.05, 4.69) is 5.32 Å². The van der Waals surface area contributed by atoms with Gasteiger partial charge in [0.25, 0.3) is 0 Å². The molecule has 0 radical (unpaired) electrons. The Hall–Kier alpha value is -1.81. The quantitative estimate of drug-likeness (QED) is 0.875. The largest absolute Gasteiger partial charge is 0.485 e. The Morgan fingerprint density at radius 2 is 2.20 bits per heavy atom. The molecule has 0 amide bonds. The van der Waals surface area contributed by atoms with E-state index in [0.717, 1.165) is 23.4 Å². The molecule has 1 aromatic carbocycles. The zero-order valence-electron chi connectivity index (χ0n) is 11.5. The lowest BCUT2D eigenvalue weighted by Crippen LogP contribution is -2.16. The number of nitrogens with one attached hydrogen (secondary N) is 1. The molecule has 1 aromatic heterocycles. The van der Waals surface area contributed by atoms with Crippen molar-refractivity contribution < 1.29 is 13.5 Å². The molecule has 0 bridgehead atoms. The van der Waals surface area contributed by atoms with Gasteiger partial charge in [0.2, 0.25) is 0 Å². The van der Waals surface area contributed by atoms with Gasteiger partial charge in [0.1, 0.15) is 23.9 Å². The first kappa shape index (κ1) is 13.2. The lowest BCUT2D eigenvalue weighted by atomic mass is 10.2. The van der Waals surface area contributed by atoms with E-state index >= 15 is 0 Å². The Balaban J connectivity index is 1.61. The van der Waals surface area contributed by atoms with Crippen LogP contribution < -0.4 is 10.1 Å². The van der Waals surface area contributed by atoms with Crippen LogP contribution in [0.3, 0.4) is 0 Å². The summed E-state index contributed by atoms with van der Waals surface area (Å²) in [6.07, 6.45) is 4.21. The third kappa shape index (κ3) is 3.20. The van der Waals surface area contributed by atoms with Crippen LogP contribution in [0.2, 0.25) is 0 Å². The van der Waals surface area contributed by atoms with Crippen LogP contribution >= 0.6 is 0 Å². The Bertz CT molecular complexity index is 590. The molecule has 1 saturated carbocycles. The fraction of sp³-hybridized carbons (Fsp3) is 0.375. The van der Waals surface area contributed by atoms with Crippen molar-refractivity contribution >= 4 is 0 Å². The van der Waals surface area contributed by atoms with Gasteiger partial charge in [-0.2, -0.15) is 0 Å². The summed E-state index contributed by atoms with van der Waals surface area (Å²) < 4.78 is 24.2. The summed E-state index contributed by atoms with van der Waals surface area (Å²) in [6, 6.07) is 7.15. The first-order valence-electron chi connectivity index (χ1n) is 6.90. The van der Waals surface area contributed by atoms with Crippen molar-refractivity contribution in [3.05, 3.63) is 53.2 Å². The average molecular weight is 275 g/mol. The molecule has 1 heterocycles. The summed E-state index contributed by atoms with van der Waals surface area (Å²) in [7, 11) is 0. The number of halogens is 1. The third-order valence-electron chi connectivity index (χ3n) is 3.49. The normalized spacial score (nSPS) is 14.5. The van der Waals surface area contributed by atoms with Crippen molar-refractivity contribution in [1.82, 2.24) is 5.32 Å². The third-order valence-corrected chi connectivity index (χ3v) is 3.49. The molecule has 0 spiro atoms.